The van der Waals surface area contributed by atoms with Crippen LogP contribution in [0.4, 0.5) is 5.69 Å². The first-order chi connectivity index (χ1) is 14.9. The molecule has 166 valence electrons. The Labute approximate surface area is 182 Å². The molecule has 2 aromatic carbocycles. The number of carbonyl (C=O) groups excluding carboxylic acids is 2. The Kier molecular flexibility index (Phi) is 7.64. The number of carbonyl (C=O) groups is 2. The van der Waals surface area contributed by atoms with Crippen molar-refractivity contribution in [3.8, 4) is 5.75 Å². The Bertz CT molecular complexity index is 1010. The van der Waals surface area contributed by atoms with E-state index in [2.05, 4.69) is 10.6 Å². The molecule has 1 heterocycles. The number of rotatable bonds is 7. The molecule has 2 aromatic rings. The molecule has 0 spiro atoms. The summed E-state index contributed by atoms with van der Waals surface area (Å²) >= 11 is 0. The highest BCUT2D eigenvalue weighted by atomic mass is 32.2. The first-order valence-corrected chi connectivity index (χ1v) is 11.7. The van der Waals surface area contributed by atoms with Gasteiger partial charge in [0.05, 0.1) is 17.7 Å². The number of benzene rings is 2. The molecule has 0 unspecified atom stereocenters. The molecule has 1 saturated heterocycles. The van der Waals surface area contributed by atoms with Crippen LogP contribution in [0.15, 0.2) is 59.5 Å². The lowest BCUT2D eigenvalue weighted by atomic mass is 10.0. The van der Waals surface area contributed by atoms with Gasteiger partial charge in [-0.2, -0.15) is 4.31 Å². The van der Waals surface area contributed by atoms with Gasteiger partial charge in [-0.05, 0) is 43.5 Å². The van der Waals surface area contributed by atoms with Gasteiger partial charge in [-0.25, -0.2) is 8.42 Å². The summed E-state index contributed by atoms with van der Waals surface area (Å²) in [7, 11) is -2.12. The number of amides is 2. The molecule has 0 aliphatic carbocycles. The summed E-state index contributed by atoms with van der Waals surface area (Å²) in [5, 5.41) is 5.11. The normalized spacial score (nSPS) is 17.0. The first-order valence-electron chi connectivity index (χ1n) is 10.2. The summed E-state index contributed by atoms with van der Waals surface area (Å²) in [6, 6.07) is 14.9. The van der Waals surface area contributed by atoms with E-state index in [0.717, 1.165) is 19.3 Å². The third-order valence-electron chi connectivity index (χ3n) is 5.25. The second-order valence-electron chi connectivity index (χ2n) is 7.28. The van der Waals surface area contributed by atoms with Crippen LogP contribution in [0.1, 0.15) is 25.7 Å². The lowest BCUT2D eigenvalue weighted by Crippen LogP contribution is -2.45. The Hall–Kier alpha value is -2.91. The maximum Gasteiger partial charge on any atom is 0.313 e. The largest absolute Gasteiger partial charge is 0.495 e. The standard InChI is InChI=1S/C22H27N3O5S/c1-30-20-13-6-5-12-19(20)24-22(27)21(26)23-15-14-17-9-7-8-16-25(17)31(28,29)18-10-3-2-4-11-18/h2-6,10-13,17H,7-9,14-16H2,1H3,(H,23,26)(H,24,27)/t17-/m1/s1. The van der Waals surface area contributed by atoms with Crippen molar-refractivity contribution in [2.75, 3.05) is 25.5 Å². The van der Waals surface area contributed by atoms with Gasteiger partial charge >= 0.3 is 11.8 Å². The van der Waals surface area contributed by atoms with Crippen molar-refractivity contribution in [2.45, 2.75) is 36.6 Å². The van der Waals surface area contributed by atoms with E-state index >= 15 is 0 Å². The van der Waals surface area contributed by atoms with Crippen molar-refractivity contribution < 1.29 is 22.7 Å². The molecule has 9 heteroatoms. The summed E-state index contributed by atoms with van der Waals surface area (Å²) in [5.41, 5.74) is 0.401. The van der Waals surface area contributed by atoms with E-state index < -0.39 is 21.8 Å². The van der Waals surface area contributed by atoms with Gasteiger partial charge in [0.15, 0.2) is 0 Å². The molecule has 0 radical (unpaired) electrons. The summed E-state index contributed by atoms with van der Waals surface area (Å²) in [4.78, 5) is 24.6. The molecule has 0 bridgehead atoms. The summed E-state index contributed by atoms with van der Waals surface area (Å²) in [6.45, 7) is 0.647. The van der Waals surface area contributed by atoms with Crippen LogP contribution in [0.25, 0.3) is 0 Å². The fourth-order valence-electron chi connectivity index (χ4n) is 3.67. The van der Waals surface area contributed by atoms with Crippen LogP contribution >= 0.6 is 0 Å². The highest BCUT2D eigenvalue weighted by Gasteiger charge is 2.33. The van der Waals surface area contributed by atoms with E-state index in [0.29, 0.717) is 24.4 Å². The number of piperidine rings is 1. The topological polar surface area (TPSA) is 105 Å². The average molecular weight is 446 g/mol. The zero-order valence-corrected chi connectivity index (χ0v) is 18.2. The molecule has 8 nitrogen and oxygen atoms in total. The van der Waals surface area contributed by atoms with Crippen molar-refractivity contribution in [3.63, 3.8) is 0 Å². The van der Waals surface area contributed by atoms with Gasteiger partial charge in [0.2, 0.25) is 10.0 Å². The number of nitrogens with one attached hydrogen (secondary N) is 2. The van der Waals surface area contributed by atoms with Gasteiger partial charge in [0, 0.05) is 19.1 Å². The lowest BCUT2D eigenvalue weighted by Gasteiger charge is -2.34. The van der Waals surface area contributed by atoms with Crippen molar-refractivity contribution >= 4 is 27.5 Å². The van der Waals surface area contributed by atoms with Crippen LogP contribution in [0.3, 0.4) is 0 Å². The zero-order valence-electron chi connectivity index (χ0n) is 17.4. The van der Waals surface area contributed by atoms with Crippen LogP contribution in [0.5, 0.6) is 5.75 Å². The van der Waals surface area contributed by atoms with Crippen LogP contribution in [0.2, 0.25) is 0 Å². The number of ether oxygens (including phenoxy) is 1. The van der Waals surface area contributed by atoms with Crippen LogP contribution in [-0.4, -0.2) is 50.8 Å². The van der Waals surface area contributed by atoms with Crippen molar-refractivity contribution in [1.29, 1.82) is 0 Å². The minimum absolute atomic E-state index is 0.198. The van der Waals surface area contributed by atoms with Crippen LogP contribution in [0, 0.1) is 0 Å². The Morgan fingerprint density at radius 3 is 2.48 bits per heavy atom. The number of hydrogen-bond donors (Lipinski definition) is 2. The van der Waals surface area contributed by atoms with Crippen LogP contribution in [-0.2, 0) is 19.6 Å². The second-order valence-corrected chi connectivity index (χ2v) is 9.17. The highest BCUT2D eigenvalue weighted by molar-refractivity contribution is 7.89. The Morgan fingerprint density at radius 2 is 1.74 bits per heavy atom. The molecule has 3 rings (SSSR count). The lowest BCUT2D eigenvalue weighted by molar-refractivity contribution is -0.136. The maximum atomic E-state index is 13.0. The van der Waals surface area contributed by atoms with Gasteiger partial charge < -0.3 is 15.4 Å². The van der Waals surface area contributed by atoms with E-state index in [1.54, 1.807) is 54.6 Å². The molecule has 1 aliphatic rings. The van der Waals surface area contributed by atoms with Crippen LogP contribution < -0.4 is 15.4 Å². The van der Waals surface area contributed by atoms with Gasteiger partial charge in [-0.3, -0.25) is 9.59 Å². The molecule has 1 fully saturated rings. The van der Waals surface area contributed by atoms with E-state index in [-0.39, 0.29) is 17.5 Å². The fraction of sp³-hybridized carbons (Fsp3) is 0.364. The minimum atomic E-state index is -3.60. The molecule has 2 N–H and O–H groups in total. The molecule has 31 heavy (non-hydrogen) atoms. The Morgan fingerprint density at radius 1 is 1.03 bits per heavy atom. The smallest absolute Gasteiger partial charge is 0.313 e. The number of anilines is 1. The monoisotopic (exact) mass is 445 g/mol. The molecule has 0 saturated carbocycles. The summed E-state index contributed by atoms with van der Waals surface area (Å²) in [6.07, 6.45) is 2.87. The fourth-order valence-corrected chi connectivity index (χ4v) is 5.41. The summed E-state index contributed by atoms with van der Waals surface area (Å²) < 4.78 is 32.7. The van der Waals surface area contributed by atoms with Crippen molar-refractivity contribution in [3.05, 3.63) is 54.6 Å². The quantitative estimate of drug-likeness (QED) is 0.637. The molecule has 1 aliphatic heterocycles. The third kappa shape index (κ3) is 5.62. The zero-order chi connectivity index (χ0) is 22.3. The second kappa shape index (κ2) is 10.4. The van der Waals surface area contributed by atoms with Gasteiger partial charge in [-0.15, -0.1) is 0 Å². The number of methoxy groups -OCH3 is 1. The Balaban J connectivity index is 1.57. The van der Waals surface area contributed by atoms with E-state index in [4.69, 9.17) is 4.74 Å². The van der Waals surface area contributed by atoms with E-state index in [1.807, 2.05) is 0 Å². The first kappa shape index (κ1) is 22.8. The molecule has 1 atom stereocenters. The number of nitrogens with zero attached hydrogens (tertiary/aromatic N) is 1. The van der Waals surface area contributed by atoms with E-state index in [1.165, 1.54) is 11.4 Å². The highest BCUT2D eigenvalue weighted by Crippen LogP contribution is 2.27. The van der Waals surface area contributed by atoms with Crippen molar-refractivity contribution in [2.24, 2.45) is 0 Å². The van der Waals surface area contributed by atoms with Gasteiger partial charge in [0.1, 0.15) is 5.75 Å². The number of para-hydroxylation sites is 2. The molecule has 2 amide bonds. The predicted octanol–water partition coefficient (Wildman–Crippen LogP) is 2.38. The van der Waals surface area contributed by atoms with Gasteiger partial charge in [0.25, 0.3) is 0 Å². The summed E-state index contributed by atoms with van der Waals surface area (Å²) in [5.74, 6) is -1.13. The molecule has 0 aromatic heterocycles. The molecular weight excluding hydrogens is 418 g/mol. The molecular formula is C22H27N3O5S. The van der Waals surface area contributed by atoms with E-state index in [9.17, 15) is 18.0 Å². The number of sulfonamides is 1. The maximum absolute atomic E-state index is 13.0. The SMILES string of the molecule is COc1ccccc1NC(=O)C(=O)NCC[C@H]1CCCCN1S(=O)(=O)c1ccccc1. The average Bonchev–Trinajstić information content (AvgIpc) is 2.80. The predicted molar refractivity (Wildman–Crippen MR) is 117 cm³/mol. The number of hydrogen-bond acceptors (Lipinski definition) is 5. The van der Waals surface area contributed by atoms with Crippen molar-refractivity contribution in [1.82, 2.24) is 9.62 Å². The van der Waals surface area contributed by atoms with Gasteiger partial charge in [-0.1, -0.05) is 36.8 Å². The third-order valence-corrected chi connectivity index (χ3v) is 7.21. The minimum Gasteiger partial charge on any atom is -0.495 e.